The highest BCUT2D eigenvalue weighted by atomic mass is 32.2. The van der Waals surface area contributed by atoms with Crippen LogP contribution in [0.15, 0.2) is 137 Å². The molecular weight excluding hydrogens is 545 g/mol. The average Bonchev–Trinajstić information content (AvgIpc) is 3.48. The molecule has 0 bridgehead atoms. The minimum Gasteiger partial charge on any atom is -0.256 e. The zero-order chi connectivity index (χ0) is 28.6. The van der Waals surface area contributed by atoms with Crippen molar-refractivity contribution in [2.75, 3.05) is 0 Å². The van der Waals surface area contributed by atoms with Crippen LogP contribution >= 0.6 is 11.8 Å². The zero-order valence-corrected chi connectivity index (χ0v) is 24.3. The molecule has 5 heteroatoms. The van der Waals surface area contributed by atoms with Crippen LogP contribution < -0.4 is 0 Å². The molecule has 2 aliphatic rings. The summed E-state index contributed by atoms with van der Waals surface area (Å²) in [6, 6.07) is 39.7. The molecule has 1 aliphatic heterocycles. The number of rotatable bonds is 5. The van der Waals surface area contributed by atoms with Gasteiger partial charge in [-0.25, -0.2) is 15.0 Å². The number of aromatic nitrogens is 4. The Morgan fingerprint density at radius 2 is 1.23 bits per heavy atom. The third kappa shape index (κ3) is 4.86. The van der Waals surface area contributed by atoms with E-state index in [1.54, 1.807) is 0 Å². The lowest BCUT2D eigenvalue weighted by molar-refractivity contribution is 0.647. The van der Waals surface area contributed by atoms with Crippen molar-refractivity contribution in [2.45, 2.75) is 30.1 Å². The van der Waals surface area contributed by atoms with Gasteiger partial charge in [-0.05, 0) is 47.4 Å². The van der Waals surface area contributed by atoms with Gasteiger partial charge in [-0.2, -0.15) is 0 Å². The highest BCUT2D eigenvalue weighted by Crippen LogP contribution is 2.57. The molecule has 0 saturated carbocycles. The topological polar surface area (TPSA) is 51.6 Å². The summed E-state index contributed by atoms with van der Waals surface area (Å²) < 4.78 is 0. The van der Waals surface area contributed by atoms with Gasteiger partial charge in [0.05, 0.1) is 5.69 Å². The predicted molar refractivity (Wildman–Crippen MR) is 175 cm³/mol. The number of benzene rings is 4. The van der Waals surface area contributed by atoms with Crippen molar-refractivity contribution in [3.63, 3.8) is 0 Å². The quantitative estimate of drug-likeness (QED) is 0.206. The van der Waals surface area contributed by atoms with E-state index in [0.717, 1.165) is 39.9 Å². The summed E-state index contributed by atoms with van der Waals surface area (Å²) >= 11 is 1.93. The minimum atomic E-state index is 0.479. The van der Waals surface area contributed by atoms with E-state index in [9.17, 15) is 0 Å². The van der Waals surface area contributed by atoms with Crippen LogP contribution in [-0.2, 0) is 0 Å². The predicted octanol–water partition coefficient (Wildman–Crippen LogP) is 9.86. The Bertz CT molecular complexity index is 1900. The first-order chi connectivity index (χ1) is 21.3. The number of pyridine rings is 1. The smallest absolute Gasteiger partial charge is 0.164 e. The van der Waals surface area contributed by atoms with Crippen molar-refractivity contribution in [1.29, 1.82) is 0 Å². The van der Waals surface area contributed by atoms with Gasteiger partial charge in [0.1, 0.15) is 0 Å². The Balaban J connectivity index is 1.34. The lowest BCUT2D eigenvalue weighted by Gasteiger charge is -2.18. The number of thioether (sulfide) groups is 1. The summed E-state index contributed by atoms with van der Waals surface area (Å²) in [5, 5.41) is 0. The van der Waals surface area contributed by atoms with Gasteiger partial charge in [0.2, 0.25) is 0 Å². The molecular formula is C38H28N4S. The van der Waals surface area contributed by atoms with Crippen LogP contribution in [0.25, 0.3) is 56.5 Å². The fraction of sp³-hybridized carbons (Fsp3) is 0.105. The summed E-state index contributed by atoms with van der Waals surface area (Å²) in [5.74, 6) is 2.51. The molecule has 1 atom stereocenters. The largest absolute Gasteiger partial charge is 0.256 e. The first-order valence-electron chi connectivity index (χ1n) is 14.8. The highest BCUT2D eigenvalue weighted by Gasteiger charge is 2.33. The van der Waals surface area contributed by atoms with Gasteiger partial charge in [-0.3, -0.25) is 4.98 Å². The van der Waals surface area contributed by atoms with E-state index in [1.807, 2.05) is 66.5 Å². The molecule has 4 aromatic carbocycles. The van der Waals surface area contributed by atoms with Crippen LogP contribution in [-0.4, -0.2) is 19.9 Å². The summed E-state index contributed by atoms with van der Waals surface area (Å²) in [6.07, 6.45) is 7.87. The second-order valence-electron chi connectivity index (χ2n) is 10.9. The van der Waals surface area contributed by atoms with Gasteiger partial charge in [-0.15, -0.1) is 0 Å². The summed E-state index contributed by atoms with van der Waals surface area (Å²) in [7, 11) is 0. The first kappa shape index (κ1) is 25.8. The number of allylic oxidation sites excluding steroid dienone is 2. The molecule has 0 fully saturated rings. The third-order valence-corrected chi connectivity index (χ3v) is 9.57. The molecule has 43 heavy (non-hydrogen) atoms. The molecule has 0 radical (unpaired) electrons. The fourth-order valence-corrected chi connectivity index (χ4v) is 7.60. The van der Waals surface area contributed by atoms with Crippen molar-refractivity contribution >= 4 is 11.8 Å². The summed E-state index contributed by atoms with van der Waals surface area (Å²) in [4.78, 5) is 22.5. The van der Waals surface area contributed by atoms with E-state index in [2.05, 4.69) is 77.8 Å². The van der Waals surface area contributed by atoms with Crippen molar-refractivity contribution in [3.05, 3.63) is 138 Å². The molecule has 8 rings (SSSR count). The van der Waals surface area contributed by atoms with Crippen molar-refractivity contribution in [2.24, 2.45) is 0 Å². The monoisotopic (exact) mass is 572 g/mol. The molecule has 0 amide bonds. The second kappa shape index (κ2) is 11.1. The lowest BCUT2D eigenvalue weighted by Crippen LogP contribution is -2.03. The van der Waals surface area contributed by atoms with Gasteiger partial charge in [0.15, 0.2) is 17.5 Å². The van der Waals surface area contributed by atoms with Gasteiger partial charge < -0.3 is 0 Å². The van der Waals surface area contributed by atoms with Gasteiger partial charge in [0, 0.05) is 44.8 Å². The second-order valence-corrected chi connectivity index (χ2v) is 12.0. The van der Waals surface area contributed by atoms with Gasteiger partial charge in [-0.1, -0.05) is 121 Å². The van der Waals surface area contributed by atoms with Crippen LogP contribution in [0, 0.1) is 0 Å². The normalized spacial score (nSPS) is 15.4. The van der Waals surface area contributed by atoms with E-state index >= 15 is 0 Å². The number of hydrogen-bond donors (Lipinski definition) is 0. The molecule has 0 spiro atoms. The zero-order valence-electron chi connectivity index (χ0n) is 23.5. The Labute approximate surface area is 255 Å². The minimum absolute atomic E-state index is 0.479. The molecule has 6 aromatic rings. The maximum Gasteiger partial charge on any atom is 0.164 e. The molecule has 1 aliphatic carbocycles. The van der Waals surface area contributed by atoms with Crippen LogP contribution in [0.4, 0.5) is 0 Å². The Morgan fingerprint density at radius 3 is 1.91 bits per heavy atom. The number of hydrogen-bond acceptors (Lipinski definition) is 5. The molecule has 3 heterocycles. The van der Waals surface area contributed by atoms with Crippen molar-refractivity contribution < 1.29 is 0 Å². The molecule has 2 aromatic heterocycles. The summed E-state index contributed by atoms with van der Waals surface area (Å²) in [5.41, 5.74) is 8.79. The average molecular weight is 573 g/mol. The van der Waals surface area contributed by atoms with Crippen LogP contribution in [0.2, 0.25) is 0 Å². The first-order valence-corrected chi connectivity index (χ1v) is 15.6. The summed E-state index contributed by atoms with van der Waals surface area (Å²) in [6.45, 7) is 0. The number of nitrogens with zero attached hydrogens (tertiary/aromatic N) is 4. The third-order valence-electron chi connectivity index (χ3n) is 8.24. The fourth-order valence-electron chi connectivity index (χ4n) is 6.12. The maximum atomic E-state index is 5.11. The standard InChI is InChI=1S/C38H28N4S/c1-3-11-27(12-4-1)36-40-37(28-13-5-2-6-14-28)42-38(41-36)31-23-22-30-29-15-7-8-17-33(29)43-35(30)34(31)26-20-18-25(19-21-26)32-16-9-10-24-39-32/h1-6,9-14,16-24,29H,7-8,15H2. The van der Waals surface area contributed by atoms with E-state index in [0.29, 0.717) is 23.4 Å². The molecule has 1 unspecified atom stereocenters. The highest BCUT2D eigenvalue weighted by molar-refractivity contribution is 8.03. The molecule has 0 saturated heterocycles. The Kier molecular flexibility index (Phi) is 6.65. The number of fused-ring (bicyclic) bond motifs is 3. The molecule has 206 valence electrons. The lowest BCUT2D eigenvalue weighted by atomic mass is 9.86. The van der Waals surface area contributed by atoms with E-state index < -0.39 is 0 Å². The van der Waals surface area contributed by atoms with Gasteiger partial charge >= 0.3 is 0 Å². The van der Waals surface area contributed by atoms with Gasteiger partial charge in [0.25, 0.3) is 0 Å². The van der Waals surface area contributed by atoms with E-state index in [4.69, 9.17) is 15.0 Å². The Hall–Kier alpha value is -4.87. The van der Waals surface area contributed by atoms with Crippen molar-refractivity contribution in [3.8, 4) is 56.5 Å². The van der Waals surface area contributed by atoms with E-state index in [-0.39, 0.29) is 0 Å². The SMILES string of the molecule is C1=C2Sc3c(ccc(-c4nc(-c5ccccc5)nc(-c5ccccc5)n4)c3-c3ccc(-c4ccccn4)cc3)C2CCC1. The van der Waals surface area contributed by atoms with Crippen LogP contribution in [0.5, 0.6) is 0 Å². The Morgan fingerprint density at radius 1 is 0.581 bits per heavy atom. The molecule has 0 N–H and O–H groups in total. The van der Waals surface area contributed by atoms with Crippen molar-refractivity contribution in [1.82, 2.24) is 19.9 Å². The van der Waals surface area contributed by atoms with Crippen LogP contribution in [0.1, 0.15) is 30.7 Å². The van der Waals surface area contributed by atoms with Crippen LogP contribution in [0.3, 0.4) is 0 Å². The molecule has 4 nitrogen and oxygen atoms in total. The maximum absolute atomic E-state index is 5.11. The van der Waals surface area contributed by atoms with E-state index in [1.165, 1.54) is 33.8 Å².